The Balaban J connectivity index is 2.10. The van der Waals surface area contributed by atoms with E-state index in [0.29, 0.717) is 13.2 Å². The van der Waals surface area contributed by atoms with E-state index in [1.807, 2.05) is 48.5 Å². The number of hydrogen-bond donors (Lipinski definition) is 1. The molecule has 3 heteroatoms. The fourth-order valence-corrected chi connectivity index (χ4v) is 2.13. The first kappa shape index (κ1) is 14.6. The molecule has 106 valence electrons. The SMILES string of the molecule is CCc1ccccc1N(CCO)OCc1ccccc1. The lowest BCUT2D eigenvalue weighted by Gasteiger charge is -2.25. The number of rotatable bonds is 7. The largest absolute Gasteiger partial charge is 0.394 e. The molecule has 0 aliphatic rings. The Bertz CT molecular complexity index is 513. The molecule has 0 fully saturated rings. The Morgan fingerprint density at radius 3 is 2.40 bits per heavy atom. The highest BCUT2D eigenvalue weighted by atomic mass is 16.7. The van der Waals surface area contributed by atoms with E-state index in [2.05, 4.69) is 13.0 Å². The minimum absolute atomic E-state index is 0.0623. The smallest absolute Gasteiger partial charge is 0.0999 e. The topological polar surface area (TPSA) is 32.7 Å². The second kappa shape index (κ2) is 7.68. The monoisotopic (exact) mass is 271 g/mol. The first-order chi connectivity index (χ1) is 9.85. The van der Waals surface area contributed by atoms with E-state index in [-0.39, 0.29) is 6.61 Å². The van der Waals surface area contributed by atoms with Gasteiger partial charge < -0.3 is 5.11 Å². The van der Waals surface area contributed by atoms with Crippen LogP contribution in [0.5, 0.6) is 0 Å². The Labute approximate surface area is 120 Å². The van der Waals surface area contributed by atoms with Gasteiger partial charge in [0.25, 0.3) is 0 Å². The maximum Gasteiger partial charge on any atom is 0.0999 e. The summed E-state index contributed by atoms with van der Waals surface area (Å²) in [5, 5.41) is 11.0. The highest BCUT2D eigenvalue weighted by Gasteiger charge is 2.10. The molecule has 0 saturated carbocycles. The molecule has 3 nitrogen and oxygen atoms in total. The van der Waals surface area contributed by atoms with Crippen molar-refractivity contribution in [1.29, 1.82) is 0 Å². The molecule has 0 saturated heterocycles. The molecule has 1 N–H and O–H groups in total. The van der Waals surface area contributed by atoms with E-state index in [9.17, 15) is 5.11 Å². The molecule has 20 heavy (non-hydrogen) atoms. The maximum atomic E-state index is 9.24. The van der Waals surface area contributed by atoms with Crippen LogP contribution in [0, 0.1) is 0 Å². The lowest BCUT2D eigenvalue weighted by atomic mass is 10.1. The third-order valence-electron chi connectivity index (χ3n) is 3.17. The second-order valence-electron chi connectivity index (χ2n) is 4.57. The van der Waals surface area contributed by atoms with Crippen LogP contribution in [0.15, 0.2) is 54.6 Å². The number of anilines is 1. The molecular weight excluding hydrogens is 250 g/mol. The van der Waals surface area contributed by atoms with Crippen LogP contribution in [0.2, 0.25) is 0 Å². The van der Waals surface area contributed by atoms with Crippen LogP contribution in [0.25, 0.3) is 0 Å². The minimum Gasteiger partial charge on any atom is -0.394 e. The number of nitrogens with zero attached hydrogens (tertiary/aromatic N) is 1. The molecule has 2 aromatic rings. The Morgan fingerprint density at radius 2 is 1.70 bits per heavy atom. The van der Waals surface area contributed by atoms with Crippen molar-refractivity contribution in [2.45, 2.75) is 20.0 Å². The molecule has 0 aromatic heterocycles. The summed E-state index contributed by atoms with van der Waals surface area (Å²) >= 11 is 0. The molecule has 0 amide bonds. The van der Waals surface area contributed by atoms with Crippen molar-refractivity contribution < 1.29 is 9.94 Å². The third-order valence-corrected chi connectivity index (χ3v) is 3.17. The van der Waals surface area contributed by atoms with Crippen molar-refractivity contribution in [3.05, 3.63) is 65.7 Å². The standard InChI is InChI=1S/C17H21NO2/c1-2-16-10-6-7-11-17(16)18(12-13-19)20-14-15-8-4-3-5-9-15/h3-11,19H,2,12-14H2,1H3. The number of benzene rings is 2. The lowest BCUT2D eigenvalue weighted by Crippen LogP contribution is -2.27. The van der Waals surface area contributed by atoms with Gasteiger partial charge in [-0.15, -0.1) is 0 Å². The van der Waals surface area contributed by atoms with Crippen molar-refractivity contribution in [3.8, 4) is 0 Å². The average Bonchev–Trinajstić information content (AvgIpc) is 2.52. The van der Waals surface area contributed by atoms with E-state index < -0.39 is 0 Å². The number of hydroxylamine groups is 1. The van der Waals surface area contributed by atoms with Crippen LogP contribution in [0.4, 0.5) is 5.69 Å². The van der Waals surface area contributed by atoms with Gasteiger partial charge in [-0.25, -0.2) is 0 Å². The molecule has 0 heterocycles. The summed E-state index contributed by atoms with van der Waals surface area (Å²) < 4.78 is 0. The molecule has 0 atom stereocenters. The van der Waals surface area contributed by atoms with E-state index in [0.717, 1.165) is 17.7 Å². The molecule has 2 rings (SSSR count). The first-order valence-electron chi connectivity index (χ1n) is 6.98. The summed E-state index contributed by atoms with van der Waals surface area (Å²) in [5.41, 5.74) is 3.36. The maximum absolute atomic E-state index is 9.24. The van der Waals surface area contributed by atoms with Gasteiger partial charge in [-0.2, -0.15) is 0 Å². The van der Waals surface area contributed by atoms with E-state index in [1.165, 1.54) is 5.56 Å². The zero-order valence-corrected chi connectivity index (χ0v) is 11.8. The number of aliphatic hydroxyl groups is 1. The number of para-hydroxylation sites is 1. The number of aryl methyl sites for hydroxylation is 1. The fourth-order valence-electron chi connectivity index (χ4n) is 2.13. The van der Waals surface area contributed by atoms with Crippen molar-refractivity contribution in [2.24, 2.45) is 0 Å². The van der Waals surface area contributed by atoms with Crippen LogP contribution in [-0.2, 0) is 17.9 Å². The summed E-state index contributed by atoms with van der Waals surface area (Å²) in [6, 6.07) is 18.2. The average molecular weight is 271 g/mol. The number of hydrogen-bond acceptors (Lipinski definition) is 3. The molecule has 0 aliphatic heterocycles. The summed E-state index contributed by atoms with van der Waals surface area (Å²) in [6.07, 6.45) is 0.937. The van der Waals surface area contributed by atoms with Gasteiger partial charge in [-0.1, -0.05) is 55.5 Å². The zero-order valence-electron chi connectivity index (χ0n) is 11.8. The molecule has 0 spiro atoms. The summed E-state index contributed by atoms with van der Waals surface area (Å²) in [5.74, 6) is 0. The van der Waals surface area contributed by atoms with Gasteiger partial charge in [-0.05, 0) is 23.6 Å². The summed E-state index contributed by atoms with van der Waals surface area (Å²) in [6.45, 7) is 3.14. The summed E-state index contributed by atoms with van der Waals surface area (Å²) in [7, 11) is 0. The quantitative estimate of drug-likeness (QED) is 0.785. The van der Waals surface area contributed by atoms with Crippen LogP contribution >= 0.6 is 0 Å². The molecule has 2 aromatic carbocycles. The predicted molar refractivity (Wildman–Crippen MR) is 81.5 cm³/mol. The number of aliphatic hydroxyl groups excluding tert-OH is 1. The third kappa shape index (κ3) is 3.83. The van der Waals surface area contributed by atoms with Crippen LogP contribution < -0.4 is 5.06 Å². The predicted octanol–water partition coefficient (Wildman–Crippen LogP) is 3.18. The Kier molecular flexibility index (Phi) is 5.59. The van der Waals surface area contributed by atoms with E-state index in [1.54, 1.807) is 5.06 Å². The molecule has 0 bridgehead atoms. The fraction of sp³-hybridized carbons (Fsp3) is 0.294. The first-order valence-corrected chi connectivity index (χ1v) is 6.98. The van der Waals surface area contributed by atoms with Crippen molar-refractivity contribution in [1.82, 2.24) is 0 Å². The highest BCUT2D eigenvalue weighted by molar-refractivity contribution is 5.51. The lowest BCUT2D eigenvalue weighted by molar-refractivity contribution is 0.0841. The van der Waals surface area contributed by atoms with Gasteiger partial charge in [0, 0.05) is 0 Å². The normalized spacial score (nSPS) is 10.5. The minimum atomic E-state index is 0.0623. The Hall–Kier alpha value is -1.84. The summed E-state index contributed by atoms with van der Waals surface area (Å²) in [4.78, 5) is 5.87. The second-order valence-corrected chi connectivity index (χ2v) is 4.57. The van der Waals surface area contributed by atoms with Crippen molar-refractivity contribution in [3.63, 3.8) is 0 Å². The van der Waals surface area contributed by atoms with Crippen LogP contribution in [-0.4, -0.2) is 18.3 Å². The van der Waals surface area contributed by atoms with Crippen LogP contribution in [0.3, 0.4) is 0 Å². The Morgan fingerprint density at radius 1 is 1.00 bits per heavy atom. The van der Waals surface area contributed by atoms with Gasteiger partial charge in [-0.3, -0.25) is 9.90 Å². The molecule has 0 aliphatic carbocycles. The van der Waals surface area contributed by atoms with Gasteiger partial charge in [0.1, 0.15) is 0 Å². The van der Waals surface area contributed by atoms with Crippen molar-refractivity contribution in [2.75, 3.05) is 18.2 Å². The van der Waals surface area contributed by atoms with Crippen molar-refractivity contribution >= 4 is 5.69 Å². The van der Waals surface area contributed by atoms with E-state index in [4.69, 9.17) is 4.84 Å². The van der Waals surface area contributed by atoms with E-state index >= 15 is 0 Å². The van der Waals surface area contributed by atoms with Gasteiger partial charge >= 0.3 is 0 Å². The molecule has 0 unspecified atom stereocenters. The van der Waals surface area contributed by atoms with Crippen LogP contribution in [0.1, 0.15) is 18.1 Å². The van der Waals surface area contributed by atoms with Gasteiger partial charge in [0.2, 0.25) is 0 Å². The zero-order chi connectivity index (χ0) is 14.2. The molecular formula is C17H21NO2. The molecule has 0 radical (unpaired) electrons. The van der Waals surface area contributed by atoms with Gasteiger partial charge in [0.05, 0.1) is 25.4 Å². The van der Waals surface area contributed by atoms with Gasteiger partial charge in [0.15, 0.2) is 0 Å². The highest BCUT2D eigenvalue weighted by Crippen LogP contribution is 2.21.